The fraction of sp³-hybridized carbons (Fsp3) is 0.464. The van der Waals surface area contributed by atoms with Crippen LogP contribution in [0.3, 0.4) is 0 Å². The first-order valence-corrected chi connectivity index (χ1v) is 12.4. The number of ether oxygens (including phenoxy) is 1. The molecule has 0 aromatic heterocycles. The van der Waals surface area contributed by atoms with E-state index in [0.717, 1.165) is 30.4 Å². The van der Waals surface area contributed by atoms with Crippen molar-refractivity contribution in [2.45, 2.75) is 77.2 Å². The van der Waals surface area contributed by atoms with Crippen molar-refractivity contribution < 1.29 is 24.2 Å². The van der Waals surface area contributed by atoms with Gasteiger partial charge in [-0.1, -0.05) is 60.2 Å². The van der Waals surface area contributed by atoms with Crippen LogP contribution in [0.5, 0.6) is 0 Å². The number of rotatable bonds is 9. The average molecular weight is 496 g/mol. The Morgan fingerprint density at radius 1 is 1.08 bits per heavy atom. The van der Waals surface area contributed by atoms with Crippen LogP contribution in [-0.2, 0) is 20.9 Å². The lowest BCUT2D eigenvalue weighted by Crippen LogP contribution is -2.58. The van der Waals surface area contributed by atoms with Gasteiger partial charge in [0.25, 0.3) is 0 Å². The zero-order valence-corrected chi connectivity index (χ0v) is 21.5. The molecule has 0 spiro atoms. The number of aryl methyl sites for hydroxylation is 1. The highest BCUT2D eigenvalue weighted by Gasteiger charge is 2.41. The van der Waals surface area contributed by atoms with Crippen LogP contribution < -0.4 is 10.6 Å². The number of aliphatic hydroxyl groups is 1. The smallest absolute Gasteiger partial charge is 0.408 e. The van der Waals surface area contributed by atoms with Crippen LogP contribution in [0.15, 0.2) is 54.6 Å². The van der Waals surface area contributed by atoms with Crippen molar-refractivity contribution >= 4 is 17.9 Å². The molecule has 2 atom stereocenters. The van der Waals surface area contributed by atoms with E-state index in [1.807, 2.05) is 61.5 Å². The van der Waals surface area contributed by atoms with Crippen LogP contribution in [0.25, 0.3) is 0 Å². The van der Waals surface area contributed by atoms with Crippen LogP contribution in [0.2, 0.25) is 0 Å². The van der Waals surface area contributed by atoms with Gasteiger partial charge in [-0.05, 0) is 58.1 Å². The van der Waals surface area contributed by atoms with Gasteiger partial charge in [-0.15, -0.1) is 0 Å². The van der Waals surface area contributed by atoms with E-state index in [1.165, 1.54) is 4.90 Å². The van der Waals surface area contributed by atoms with Gasteiger partial charge in [-0.25, -0.2) is 4.79 Å². The van der Waals surface area contributed by atoms with Crippen molar-refractivity contribution in [3.8, 4) is 0 Å². The minimum atomic E-state index is -1.24. The third kappa shape index (κ3) is 7.31. The van der Waals surface area contributed by atoms with E-state index in [0.29, 0.717) is 12.1 Å². The minimum absolute atomic E-state index is 0.181. The summed E-state index contributed by atoms with van der Waals surface area (Å²) in [6.45, 7) is 6.77. The number of nitrogens with zero attached hydrogens (tertiary/aromatic N) is 1. The molecule has 0 saturated heterocycles. The number of carbonyl (C=O) groups is 3. The van der Waals surface area contributed by atoms with Crippen LogP contribution in [0.4, 0.5) is 4.79 Å². The number of benzene rings is 2. The quantitative estimate of drug-likeness (QED) is 0.493. The first kappa shape index (κ1) is 27.2. The Labute approximate surface area is 213 Å². The number of aliphatic hydroxyl groups excluding tert-OH is 1. The number of amides is 3. The molecule has 2 aromatic carbocycles. The van der Waals surface area contributed by atoms with E-state index in [1.54, 1.807) is 20.8 Å². The van der Waals surface area contributed by atoms with E-state index >= 15 is 0 Å². The fourth-order valence-corrected chi connectivity index (χ4v) is 4.16. The molecular weight excluding hydrogens is 458 g/mol. The second-order valence-electron chi connectivity index (χ2n) is 10.2. The molecule has 3 N–H and O–H groups in total. The average Bonchev–Trinajstić information content (AvgIpc) is 2.79. The molecule has 1 aliphatic rings. The highest BCUT2D eigenvalue weighted by molar-refractivity contribution is 5.92. The zero-order valence-electron chi connectivity index (χ0n) is 21.5. The van der Waals surface area contributed by atoms with E-state index in [-0.39, 0.29) is 11.9 Å². The Morgan fingerprint density at radius 3 is 2.33 bits per heavy atom. The van der Waals surface area contributed by atoms with Crippen LogP contribution in [0.1, 0.15) is 62.8 Å². The van der Waals surface area contributed by atoms with Gasteiger partial charge in [0.1, 0.15) is 17.7 Å². The summed E-state index contributed by atoms with van der Waals surface area (Å²) in [5.41, 5.74) is 1.81. The van der Waals surface area contributed by atoms with E-state index in [9.17, 15) is 19.5 Å². The summed E-state index contributed by atoms with van der Waals surface area (Å²) in [7, 11) is 0. The Morgan fingerprint density at radius 2 is 1.78 bits per heavy atom. The number of carbonyl (C=O) groups excluding carboxylic acids is 3. The molecule has 2 unspecified atom stereocenters. The van der Waals surface area contributed by atoms with Crippen molar-refractivity contribution in [1.82, 2.24) is 15.5 Å². The standard InChI is InChI=1S/C28H37N3O5/c1-19-10-8-13-21(16-19)24(25(33)29-17-20-11-6-5-7-12-20)31(22-14-9-15-22)26(34)23(18-32)30-27(35)36-28(2,3)4/h5-8,10-13,16,22-24,32H,9,14-15,17-18H2,1-4H3,(H,29,33)(H,30,35). The lowest BCUT2D eigenvalue weighted by molar-refractivity contribution is -0.148. The van der Waals surface area contributed by atoms with Gasteiger partial charge in [-0.3, -0.25) is 9.59 Å². The maximum absolute atomic E-state index is 13.8. The van der Waals surface area contributed by atoms with Crippen LogP contribution in [-0.4, -0.2) is 52.2 Å². The van der Waals surface area contributed by atoms with E-state index in [2.05, 4.69) is 10.6 Å². The van der Waals surface area contributed by atoms with Gasteiger partial charge in [0.05, 0.1) is 6.61 Å². The van der Waals surface area contributed by atoms with Crippen molar-refractivity contribution in [1.29, 1.82) is 0 Å². The molecular formula is C28H37N3O5. The van der Waals surface area contributed by atoms with Crippen molar-refractivity contribution in [2.24, 2.45) is 0 Å². The van der Waals surface area contributed by atoms with Gasteiger partial charge in [0, 0.05) is 12.6 Å². The monoisotopic (exact) mass is 495 g/mol. The second kappa shape index (κ2) is 12.0. The molecule has 2 aromatic rings. The zero-order chi connectivity index (χ0) is 26.3. The second-order valence-corrected chi connectivity index (χ2v) is 10.2. The van der Waals surface area contributed by atoms with Gasteiger partial charge in [0.2, 0.25) is 11.8 Å². The Hall–Kier alpha value is -3.39. The number of nitrogens with one attached hydrogen (secondary N) is 2. The summed E-state index contributed by atoms with van der Waals surface area (Å²) < 4.78 is 5.29. The van der Waals surface area contributed by atoms with Gasteiger partial charge in [-0.2, -0.15) is 0 Å². The lowest BCUT2D eigenvalue weighted by atomic mass is 9.88. The first-order valence-electron chi connectivity index (χ1n) is 12.4. The van der Waals surface area contributed by atoms with Crippen molar-refractivity contribution in [3.05, 3.63) is 71.3 Å². The Bertz CT molecular complexity index is 1050. The van der Waals surface area contributed by atoms with Crippen molar-refractivity contribution in [3.63, 3.8) is 0 Å². The lowest BCUT2D eigenvalue weighted by Gasteiger charge is -2.43. The minimum Gasteiger partial charge on any atom is -0.444 e. The van der Waals surface area contributed by atoms with E-state index < -0.39 is 36.3 Å². The number of hydrogen-bond acceptors (Lipinski definition) is 5. The Kier molecular flexibility index (Phi) is 9.09. The van der Waals surface area contributed by atoms with Gasteiger partial charge in [0.15, 0.2) is 0 Å². The summed E-state index contributed by atoms with van der Waals surface area (Å²) in [6.07, 6.45) is 1.61. The summed E-state index contributed by atoms with van der Waals surface area (Å²) in [6, 6.07) is 14.7. The van der Waals surface area contributed by atoms with Crippen LogP contribution in [0, 0.1) is 6.92 Å². The predicted molar refractivity (Wildman–Crippen MR) is 137 cm³/mol. The summed E-state index contributed by atoms with van der Waals surface area (Å²) in [4.78, 5) is 41.4. The predicted octanol–water partition coefficient (Wildman–Crippen LogP) is 3.62. The molecule has 8 heteroatoms. The molecule has 0 heterocycles. The van der Waals surface area contributed by atoms with Crippen molar-refractivity contribution in [2.75, 3.05) is 6.61 Å². The SMILES string of the molecule is Cc1cccc(C(C(=O)NCc2ccccc2)N(C(=O)C(CO)NC(=O)OC(C)(C)C)C2CCC2)c1. The molecule has 3 rings (SSSR count). The molecule has 1 aliphatic carbocycles. The largest absolute Gasteiger partial charge is 0.444 e. The molecule has 3 amide bonds. The number of alkyl carbamates (subject to hydrolysis) is 1. The third-order valence-corrected chi connectivity index (χ3v) is 6.09. The summed E-state index contributed by atoms with van der Waals surface area (Å²) in [5.74, 6) is -0.840. The molecule has 194 valence electrons. The first-order chi connectivity index (χ1) is 17.1. The Balaban J connectivity index is 1.91. The summed E-state index contributed by atoms with van der Waals surface area (Å²) >= 11 is 0. The topological polar surface area (TPSA) is 108 Å². The highest BCUT2D eigenvalue weighted by atomic mass is 16.6. The fourth-order valence-electron chi connectivity index (χ4n) is 4.16. The molecule has 1 saturated carbocycles. The third-order valence-electron chi connectivity index (χ3n) is 6.09. The summed E-state index contributed by atoms with van der Waals surface area (Å²) in [5, 5.41) is 15.5. The highest BCUT2D eigenvalue weighted by Crippen LogP contribution is 2.34. The molecule has 0 aliphatic heterocycles. The van der Waals surface area contributed by atoms with E-state index in [4.69, 9.17) is 4.74 Å². The molecule has 36 heavy (non-hydrogen) atoms. The number of hydrogen-bond donors (Lipinski definition) is 3. The maximum atomic E-state index is 13.8. The molecule has 0 radical (unpaired) electrons. The normalized spacial score (nSPS) is 15.2. The molecule has 0 bridgehead atoms. The van der Waals surface area contributed by atoms with Gasteiger partial charge >= 0.3 is 6.09 Å². The maximum Gasteiger partial charge on any atom is 0.408 e. The van der Waals surface area contributed by atoms with Gasteiger partial charge < -0.3 is 25.4 Å². The molecule has 1 fully saturated rings. The van der Waals surface area contributed by atoms with Crippen LogP contribution >= 0.6 is 0 Å². The molecule has 8 nitrogen and oxygen atoms in total.